The summed E-state index contributed by atoms with van der Waals surface area (Å²) in [5.74, 6) is 0.790. The van der Waals surface area contributed by atoms with E-state index in [1.54, 1.807) is 0 Å². The van der Waals surface area contributed by atoms with Crippen LogP contribution in [0.25, 0.3) is 0 Å². The molecule has 1 aromatic heterocycles. The van der Waals surface area contributed by atoms with Gasteiger partial charge < -0.3 is 10.3 Å². The summed E-state index contributed by atoms with van der Waals surface area (Å²) >= 11 is 0. The lowest BCUT2D eigenvalue weighted by molar-refractivity contribution is 0.455. The smallest absolute Gasteiger partial charge is 0.0357 e. The molecule has 1 heterocycles. The van der Waals surface area contributed by atoms with Gasteiger partial charge in [-0.1, -0.05) is 19.4 Å². The molecular formula is C13H22N2. The van der Waals surface area contributed by atoms with Crippen LogP contribution in [0.15, 0.2) is 31.0 Å². The summed E-state index contributed by atoms with van der Waals surface area (Å²) in [5.41, 5.74) is 1.26. The first-order valence-electron chi connectivity index (χ1n) is 5.80. The van der Waals surface area contributed by atoms with Crippen molar-refractivity contribution in [2.45, 2.75) is 32.7 Å². The van der Waals surface area contributed by atoms with Crippen LogP contribution in [0.1, 0.15) is 31.9 Å². The highest BCUT2D eigenvalue weighted by molar-refractivity contribution is 5.02. The fourth-order valence-electron chi connectivity index (χ4n) is 1.73. The van der Waals surface area contributed by atoms with E-state index in [-0.39, 0.29) is 0 Å². The van der Waals surface area contributed by atoms with Gasteiger partial charge in [0.05, 0.1) is 0 Å². The molecule has 0 aliphatic carbocycles. The molecular weight excluding hydrogens is 184 g/mol. The molecule has 0 aliphatic rings. The predicted octanol–water partition coefficient (Wildman–Crippen LogP) is 3.10. The van der Waals surface area contributed by atoms with E-state index in [9.17, 15) is 0 Å². The predicted molar refractivity (Wildman–Crippen MR) is 65.7 cm³/mol. The Labute approximate surface area is 92.8 Å². The Morgan fingerprint density at radius 3 is 3.07 bits per heavy atom. The van der Waals surface area contributed by atoms with Crippen molar-refractivity contribution < 1.29 is 0 Å². The Bertz CT molecular complexity index is 252. The largest absolute Gasteiger partial charge is 0.364 e. The van der Waals surface area contributed by atoms with Crippen LogP contribution < -0.4 is 5.32 Å². The van der Waals surface area contributed by atoms with E-state index in [2.05, 4.69) is 29.9 Å². The maximum absolute atomic E-state index is 3.79. The van der Waals surface area contributed by atoms with Crippen LogP contribution in [0.2, 0.25) is 0 Å². The second-order valence-electron chi connectivity index (χ2n) is 3.96. The molecule has 1 rings (SSSR count). The molecule has 2 nitrogen and oxygen atoms in total. The number of aromatic amines is 1. The van der Waals surface area contributed by atoms with E-state index in [1.165, 1.54) is 18.5 Å². The molecule has 0 aromatic carbocycles. The van der Waals surface area contributed by atoms with Gasteiger partial charge in [-0.2, -0.15) is 0 Å². The molecule has 0 fully saturated rings. The first kappa shape index (κ1) is 12.1. The molecule has 0 spiro atoms. The van der Waals surface area contributed by atoms with Crippen LogP contribution in [0, 0.1) is 5.92 Å². The van der Waals surface area contributed by atoms with Crippen molar-refractivity contribution >= 4 is 0 Å². The third-order valence-corrected chi connectivity index (χ3v) is 2.78. The number of aromatic nitrogens is 1. The highest BCUT2D eigenvalue weighted by atomic mass is 14.9. The Morgan fingerprint density at radius 1 is 1.60 bits per heavy atom. The average Bonchev–Trinajstić information content (AvgIpc) is 2.75. The lowest BCUT2D eigenvalue weighted by Crippen LogP contribution is -2.17. The summed E-state index contributed by atoms with van der Waals surface area (Å²) in [5, 5.41) is 3.45. The first-order chi connectivity index (χ1) is 7.36. The van der Waals surface area contributed by atoms with Crippen LogP contribution >= 0.6 is 0 Å². The summed E-state index contributed by atoms with van der Waals surface area (Å²) in [4.78, 5) is 3.19. The van der Waals surface area contributed by atoms with Crippen molar-refractivity contribution in [1.29, 1.82) is 0 Å². The van der Waals surface area contributed by atoms with Gasteiger partial charge in [0.15, 0.2) is 0 Å². The van der Waals surface area contributed by atoms with E-state index in [1.807, 2.05) is 18.3 Å². The molecule has 84 valence electrons. The number of rotatable bonds is 8. The maximum Gasteiger partial charge on any atom is 0.0357 e. The van der Waals surface area contributed by atoms with E-state index < -0.39 is 0 Å². The minimum Gasteiger partial charge on any atom is -0.364 e. The molecule has 0 saturated carbocycles. The van der Waals surface area contributed by atoms with Crippen molar-refractivity contribution in [3.8, 4) is 0 Å². The molecule has 15 heavy (non-hydrogen) atoms. The second kappa shape index (κ2) is 7.30. The summed E-state index contributed by atoms with van der Waals surface area (Å²) in [6, 6.07) is 4.14. The fourth-order valence-corrected chi connectivity index (χ4v) is 1.73. The van der Waals surface area contributed by atoms with Crippen molar-refractivity contribution in [1.82, 2.24) is 10.3 Å². The highest BCUT2D eigenvalue weighted by Gasteiger charge is 2.02. The summed E-state index contributed by atoms with van der Waals surface area (Å²) in [7, 11) is 0. The van der Waals surface area contributed by atoms with E-state index >= 15 is 0 Å². The third kappa shape index (κ3) is 4.84. The third-order valence-electron chi connectivity index (χ3n) is 2.78. The molecule has 1 aromatic rings. The van der Waals surface area contributed by atoms with Crippen LogP contribution in [0.5, 0.6) is 0 Å². The van der Waals surface area contributed by atoms with E-state index in [0.29, 0.717) is 0 Å². The van der Waals surface area contributed by atoms with Crippen molar-refractivity contribution in [2.75, 3.05) is 6.54 Å². The number of hydrogen-bond donors (Lipinski definition) is 2. The van der Waals surface area contributed by atoms with Crippen LogP contribution in [0.3, 0.4) is 0 Å². The minimum absolute atomic E-state index is 0.790. The molecule has 1 unspecified atom stereocenters. The van der Waals surface area contributed by atoms with E-state index in [0.717, 1.165) is 25.4 Å². The Morgan fingerprint density at radius 2 is 2.47 bits per heavy atom. The first-order valence-corrected chi connectivity index (χ1v) is 5.80. The fraction of sp³-hybridized carbons (Fsp3) is 0.538. The Balaban J connectivity index is 2.07. The van der Waals surface area contributed by atoms with Gasteiger partial charge >= 0.3 is 0 Å². The second-order valence-corrected chi connectivity index (χ2v) is 3.96. The molecule has 0 bridgehead atoms. The zero-order chi connectivity index (χ0) is 10.9. The van der Waals surface area contributed by atoms with Crippen molar-refractivity contribution in [2.24, 2.45) is 5.92 Å². The Hall–Kier alpha value is -1.02. The SMILES string of the molecule is C=CCC(CC)CCNCc1ccc[nH]1. The lowest BCUT2D eigenvalue weighted by Gasteiger charge is -2.12. The number of hydrogen-bond acceptors (Lipinski definition) is 1. The van der Waals surface area contributed by atoms with Crippen LogP contribution in [-0.4, -0.2) is 11.5 Å². The lowest BCUT2D eigenvalue weighted by atomic mass is 9.99. The maximum atomic E-state index is 3.79. The molecule has 2 heteroatoms. The van der Waals surface area contributed by atoms with Gasteiger partial charge in [-0.05, 0) is 37.4 Å². The average molecular weight is 206 g/mol. The molecule has 0 amide bonds. The molecule has 0 saturated heterocycles. The quantitative estimate of drug-likeness (QED) is 0.496. The highest BCUT2D eigenvalue weighted by Crippen LogP contribution is 2.12. The minimum atomic E-state index is 0.790. The van der Waals surface area contributed by atoms with Gasteiger partial charge in [-0.3, -0.25) is 0 Å². The molecule has 2 N–H and O–H groups in total. The van der Waals surface area contributed by atoms with Crippen molar-refractivity contribution in [3.63, 3.8) is 0 Å². The van der Waals surface area contributed by atoms with E-state index in [4.69, 9.17) is 0 Å². The monoisotopic (exact) mass is 206 g/mol. The van der Waals surface area contributed by atoms with Crippen LogP contribution in [0.4, 0.5) is 0 Å². The van der Waals surface area contributed by atoms with Gasteiger partial charge in [-0.15, -0.1) is 6.58 Å². The van der Waals surface area contributed by atoms with Gasteiger partial charge in [0.1, 0.15) is 0 Å². The van der Waals surface area contributed by atoms with Gasteiger partial charge in [-0.25, -0.2) is 0 Å². The van der Waals surface area contributed by atoms with Gasteiger partial charge in [0.2, 0.25) is 0 Å². The summed E-state index contributed by atoms with van der Waals surface area (Å²) in [6.07, 6.45) is 7.61. The zero-order valence-corrected chi connectivity index (χ0v) is 9.63. The Kier molecular flexibility index (Phi) is 5.86. The van der Waals surface area contributed by atoms with Crippen LogP contribution in [-0.2, 0) is 6.54 Å². The molecule has 0 radical (unpaired) electrons. The number of allylic oxidation sites excluding steroid dienone is 1. The van der Waals surface area contributed by atoms with Crippen molar-refractivity contribution in [3.05, 3.63) is 36.7 Å². The standard InChI is InChI=1S/C13H22N2/c1-3-6-12(4-2)8-10-14-11-13-7-5-9-15-13/h3,5,7,9,12,14-15H,1,4,6,8,10-11H2,2H3. The summed E-state index contributed by atoms with van der Waals surface area (Å²) < 4.78 is 0. The summed E-state index contributed by atoms with van der Waals surface area (Å²) in [6.45, 7) is 8.07. The number of nitrogens with one attached hydrogen (secondary N) is 2. The molecule has 0 aliphatic heterocycles. The topological polar surface area (TPSA) is 27.8 Å². The normalized spacial score (nSPS) is 12.6. The number of H-pyrrole nitrogens is 1. The van der Waals surface area contributed by atoms with Gasteiger partial charge in [0.25, 0.3) is 0 Å². The van der Waals surface area contributed by atoms with Gasteiger partial charge in [0, 0.05) is 18.4 Å². The molecule has 1 atom stereocenters. The zero-order valence-electron chi connectivity index (χ0n) is 9.63.